The molecule has 3 atom stereocenters. The monoisotopic (exact) mass is 306 g/mol. The molecule has 0 aromatic heterocycles. The van der Waals surface area contributed by atoms with Gasteiger partial charge in [-0.25, -0.2) is 0 Å². The van der Waals surface area contributed by atoms with Gasteiger partial charge in [0, 0.05) is 6.04 Å². The molecular formula is C17H26N2O3. The van der Waals surface area contributed by atoms with Crippen LogP contribution in [-0.4, -0.2) is 34.7 Å². The van der Waals surface area contributed by atoms with Crippen molar-refractivity contribution in [2.75, 3.05) is 0 Å². The Morgan fingerprint density at radius 3 is 2.05 bits per heavy atom. The Morgan fingerprint density at radius 1 is 1.14 bits per heavy atom. The summed E-state index contributed by atoms with van der Waals surface area (Å²) in [5.41, 5.74) is 0. The Morgan fingerprint density at radius 2 is 1.64 bits per heavy atom. The second-order valence-electron chi connectivity index (χ2n) is 7.01. The lowest BCUT2D eigenvalue weighted by Crippen LogP contribution is -2.51. The van der Waals surface area contributed by atoms with Crippen LogP contribution in [0.4, 0.5) is 0 Å². The lowest BCUT2D eigenvalue weighted by Gasteiger charge is -2.28. The molecule has 22 heavy (non-hydrogen) atoms. The molecule has 1 aliphatic heterocycles. The highest BCUT2D eigenvalue weighted by Gasteiger charge is 2.51. The highest BCUT2D eigenvalue weighted by atomic mass is 16.2. The second-order valence-corrected chi connectivity index (χ2v) is 7.01. The summed E-state index contributed by atoms with van der Waals surface area (Å²) in [6.07, 6.45) is 5.63. The van der Waals surface area contributed by atoms with Crippen molar-refractivity contribution in [1.29, 1.82) is 0 Å². The molecule has 5 heteroatoms. The van der Waals surface area contributed by atoms with Crippen molar-refractivity contribution < 1.29 is 14.4 Å². The highest BCUT2D eigenvalue weighted by molar-refractivity contribution is 6.08. The molecule has 0 unspecified atom stereocenters. The third-order valence-electron chi connectivity index (χ3n) is 4.28. The topological polar surface area (TPSA) is 66.5 Å². The predicted octanol–water partition coefficient (Wildman–Crippen LogP) is 1.88. The summed E-state index contributed by atoms with van der Waals surface area (Å²) < 4.78 is 0. The maximum Gasteiger partial charge on any atom is 0.243 e. The van der Waals surface area contributed by atoms with Crippen LogP contribution in [0.15, 0.2) is 12.2 Å². The number of allylic oxidation sites excluding steroid dienone is 2. The third kappa shape index (κ3) is 3.23. The Hall–Kier alpha value is -1.65. The number of likely N-dealkylation sites (tertiary alicyclic amines) is 1. The van der Waals surface area contributed by atoms with Gasteiger partial charge < -0.3 is 5.32 Å². The van der Waals surface area contributed by atoms with Crippen LogP contribution in [0.1, 0.15) is 47.0 Å². The quantitative estimate of drug-likeness (QED) is 0.623. The van der Waals surface area contributed by atoms with E-state index in [-0.39, 0.29) is 41.5 Å². The smallest absolute Gasteiger partial charge is 0.243 e. The number of nitrogens with zero attached hydrogens (tertiary/aromatic N) is 1. The fraction of sp³-hybridized carbons (Fsp3) is 0.706. The Labute approximate surface area is 132 Å². The second kappa shape index (κ2) is 6.63. The SMILES string of the molecule is CC(C)C[C@H](C(=O)NC(C)C)N1C(=O)[C@@H]2CC=CC[C@H]2C1=O. The zero-order valence-corrected chi connectivity index (χ0v) is 13.8. The molecule has 0 aromatic carbocycles. The average Bonchev–Trinajstić information content (AvgIpc) is 2.68. The molecule has 1 aliphatic carbocycles. The van der Waals surface area contributed by atoms with Crippen molar-refractivity contribution in [3.05, 3.63) is 12.2 Å². The van der Waals surface area contributed by atoms with Gasteiger partial charge in [0.1, 0.15) is 6.04 Å². The van der Waals surface area contributed by atoms with Crippen LogP contribution in [0.25, 0.3) is 0 Å². The predicted molar refractivity (Wildman–Crippen MR) is 83.7 cm³/mol. The van der Waals surface area contributed by atoms with Gasteiger partial charge in [-0.2, -0.15) is 0 Å². The van der Waals surface area contributed by atoms with E-state index in [2.05, 4.69) is 5.32 Å². The van der Waals surface area contributed by atoms with E-state index >= 15 is 0 Å². The van der Waals surface area contributed by atoms with Gasteiger partial charge >= 0.3 is 0 Å². The van der Waals surface area contributed by atoms with Crippen molar-refractivity contribution in [3.63, 3.8) is 0 Å². The molecule has 1 heterocycles. The van der Waals surface area contributed by atoms with Gasteiger partial charge in [-0.1, -0.05) is 26.0 Å². The maximum atomic E-state index is 12.7. The van der Waals surface area contributed by atoms with E-state index in [0.717, 1.165) is 0 Å². The summed E-state index contributed by atoms with van der Waals surface area (Å²) >= 11 is 0. The lowest BCUT2D eigenvalue weighted by atomic mass is 9.85. The Kier molecular flexibility index (Phi) is 5.04. The normalized spacial score (nSPS) is 25.8. The summed E-state index contributed by atoms with van der Waals surface area (Å²) in [4.78, 5) is 39.1. The number of carbonyl (C=O) groups excluding carboxylic acids is 3. The Bertz CT molecular complexity index is 470. The third-order valence-corrected chi connectivity index (χ3v) is 4.28. The molecule has 1 saturated heterocycles. The van der Waals surface area contributed by atoms with E-state index in [1.165, 1.54) is 4.90 Å². The van der Waals surface area contributed by atoms with Crippen molar-refractivity contribution in [2.24, 2.45) is 17.8 Å². The molecule has 3 amide bonds. The van der Waals surface area contributed by atoms with Gasteiger partial charge in [0.25, 0.3) is 0 Å². The molecule has 0 bridgehead atoms. The number of carbonyl (C=O) groups is 3. The van der Waals surface area contributed by atoms with Crippen LogP contribution >= 0.6 is 0 Å². The minimum atomic E-state index is -0.687. The molecule has 5 nitrogen and oxygen atoms in total. The van der Waals surface area contributed by atoms with Gasteiger partial charge in [0.2, 0.25) is 17.7 Å². The first-order valence-electron chi connectivity index (χ1n) is 8.15. The first-order chi connectivity index (χ1) is 10.3. The van der Waals surface area contributed by atoms with E-state index in [1.54, 1.807) is 0 Å². The number of amides is 3. The van der Waals surface area contributed by atoms with Gasteiger partial charge in [-0.3, -0.25) is 19.3 Å². The standard InChI is InChI=1S/C17H26N2O3/c1-10(2)9-14(15(20)18-11(3)4)19-16(21)12-7-5-6-8-13(12)17(19)22/h5-6,10-14H,7-9H2,1-4H3,(H,18,20)/t12-,13-,14-/m1/s1. The molecule has 1 fully saturated rings. The maximum absolute atomic E-state index is 12.7. The van der Waals surface area contributed by atoms with Crippen LogP contribution in [0.3, 0.4) is 0 Å². The van der Waals surface area contributed by atoms with Crippen LogP contribution in [-0.2, 0) is 14.4 Å². The minimum Gasteiger partial charge on any atom is -0.352 e. The van der Waals surface area contributed by atoms with Crippen LogP contribution in [0, 0.1) is 17.8 Å². The molecule has 0 spiro atoms. The Balaban J connectivity index is 2.25. The molecule has 2 rings (SSSR count). The zero-order valence-electron chi connectivity index (χ0n) is 13.8. The van der Waals surface area contributed by atoms with Crippen molar-refractivity contribution in [2.45, 2.75) is 59.0 Å². The summed E-state index contributed by atoms with van der Waals surface area (Å²) in [5, 5.41) is 2.85. The highest BCUT2D eigenvalue weighted by Crippen LogP contribution is 2.37. The summed E-state index contributed by atoms with van der Waals surface area (Å²) in [6.45, 7) is 7.74. The van der Waals surface area contributed by atoms with Gasteiger partial charge in [0.05, 0.1) is 11.8 Å². The van der Waals surface area contributed by atoms with Crippen molar-refractivity contribution in [1.82, 2.24) is 10.2 Å². The average molecular weight is 306 g/mol. The minimum absolute atomic E-state index is 0.0149. The van der Waals surface area contributed by atoms with Crippen LogP contribution < -0.4 is 5.32 Å². The largest absolute Gasteiger partial charge is 0.352 e. The van der Waals surface area contributed by atoms with Gasteiger partial charge in [0.15, 0.2) is 0 Å². The zero-order chi connectivity index (χ0) is 16.4. The molecule has 0 radical (unpaired) electrons. The van der Waals surface area contributed by atoms with Crippen molar-refractivity contribution in [3.8, 4) is 0 Å². The van der Waals surface area contributed by atoms with E-state index in [1.807, 2.05) is 39.8 Å². The fourth-order valence-corrected chi connectivity index (χ4v) is 3.29. The number of nitrogens with one attached hydrogen (secondary N) is 1. The van der Waals surface area contributed by atoms with Crippen LogP contribution in [0.5, 0.6) is 0 Å². The van der Waals surface area contributed by atoms with Crippen LogP contribution in [0.2, 0.25) is 0 Å². The lowest BCUT2D eigenvalue weighted by molar-refractivity contribution is -0.148. The summed E-state index contributed by atoms with van der Waals surface area (Å²) in [5.74, 6) is -0.910. The number of hydrogen-bond donors (Lipinski definition) is 1. The van der Waals surface area contributed by atoms with E-state index in [9.17, 15) is 14.4 Å². The van der Waals surface area contributed by atoms with E-state index in [0.29, 0.717) is 19.3 Å². The van der Waals surface area contributed by atoms with Gasteiger partial charge in [-0.05, 0) is 39.0 Å². The fourth-order valence-electron chi connectivity index (χ4n) is 3.29. The molecule has 0 aromatic rings. The van der Waals surface area contributed by atoms with Crippen molar-refractivity contribution >= 4 is 17.7 Å². The first kappa shape index (κ1) is 16.7. The molecule has 122 valence electrons. The van der Waals surface area contributed by atoms with E-state index < -0.39 is 6.04 Å². The number of imide groups is 1. The number of fused-ring (bicyclic) bond motifs is 1. The first-order valence-corrected chi connectivity index (χ1v) is 8.15. The van der Waals surface area contributed by atoms with E-state index in [4.69, 9.17) is 0 Å². The molecule has 1 N–H and O–H groups in total. The van der Waals surface area contributed by atoms with Gasteiger partial charge in [-0.15, -0.1) is 0 Å². The summed E-state index contributed by atoms with van der Waals surface area (Å²) in [6, 6.07) is -0.702. The molecular weight excluding hydrogens is 280 g/mol. The number of hydrogen-bond acceptors (Lipinski definition) is 3. The summed E-state index contributed by atoms with van der Waals surface area (Å²) in [7, 11) is 0. The number of rotatable bonds is 5. The molecule has 0 saturated carbocycles. The molecule has 2 aliphatic rings.